The smallest absolute Gasteiger partial charge is 0.192 e. The van der Waals surface area contributed by atoms with E-state index >= 15 is 0 Å². The zero-order valence-corrected chi connectivity index (χ0v) is 22.7. The Hall–Kier alpha value is -0.233. The molecule has 5 heteroatoms. The van der Waals surface area contributed by atoms with Crippen LogP contribution in [0.25, 0.3) is 0 Å². The maximum absolute atomic E-state index is 12.9. The Morgan fingerprint density at radius 2 is 1.62 bits per heavy atom. The van der Waals surface area contributed by atoms with E-state index in [-0.39, 0.29) is 22.7 Å². The topological polar surface area (TPSA) is 44.8 Å². The van der Waals surface area contributed by atoms with E-state index in [9.17, 15) is 4.79 Å². The van der Waals surface area contributed by atoms with Crippen molar-refractivity contribution in [2.75, 3.05) is 0 Å². The Labute approximate surface area is 196 Å². The van der Waals surface area contributed by atoms with E-state index in [4.69, 9.17) is 13.9 Å². The SMILES string of the molecule is CC1(C)O[C@@H]2C3C[C@@H](O[Si](C)(C)C(C)(C)C)CCC3C3CC[C@]4(C)C(=O)CCC4C3[C@H]2O1. The molecule has 5 unspecified atom stereocenters. The van der Waals surface area contributed by atoms with Crippen LogP contribution in [-0.2, 0) is 18.7 Å². The number of hydrogen-bond acceptors (Lipinski definition) is 4. The standard InChI is InChI=1S/C27H46O4Si/c1-25(2,3)32(7,8)31-16-9-10-17-18-13-14-27(6)20(11-12-21(27)28)22(18)24-23(19(17)15-16)29-26(4,5)30-24/h16-20,22-24H,9-15H2,1-8H3/t16-,17?,18?,19?,20?,22?,23+,24+,27-/m0/s1. The van der Waals surface area contributed by atoms with Gasteiger partial charge in [-0.15, -0.1) is 0 Å². The molecule has 0 amide bonds. The molecule has 4 saturated carbocycles. The predicted molar refractivity (Wildman–Crippen MR) is 129 cm³/mol. The molecule has 5 aliphatic rings. The minimum atomic E-state index is -1.79. The molecule has 0 aromatic rings. The molecule has 0 aromatic heterocycles. The fraction of sp³-hybridized carbons (Fsp3) is 0.963. The van der Waals surface area contributed by atoms with E-state index in [1.807, 2.05) is 0 Å². The molecule has 5 fully saturated rings. The molecule has 4 aliphatic carbocycles. The lowest BCUT2D eigenvalue weighted by Crippen LogP contribution is -2.60. The van der Waals surface area contributed by atoms with Gasteiger partial charge in [-0.1, -0.05) is 27.7 Å². The normalized spacial score (nSPS) is 48.1. The molecule has 5 rings (SSSR count). The van der Waals surface area contributed by atoms with Gasteiger partial charge in [-0.3, -0.25) is 4.79 Å². The van der Waals surface area contributed by atoms with Gasteiger partial charge in [0.2, 0.25) is 0 Å². The molecular formula is C27H46O4Si. The first kappa shape index (κ1) is 23.5. The number of fused-ring (bicyclic) bond motifs is 8. The summed E-state index contributed by atoms with van der Waals surface area (Å²) in [6, 6.07) is 0. The zero-order valence-electron chi connectivity index (χ0n) is 21.7. The van der Waals surface area contributed by atoms with Gasteiger partial charge in [0.25, 0.3) is 0 Å². The van der Waals surface area contributed by atoms with Gasteiger partial charge in [0.15, 0.2) is 14.1 Å². The largest absolute Gasteiger partial charge is 0.414 e. The van der Waals surface area contributed by atoms with Crippen molar-refractivity contribution in [2.24, 2.45) is 35.0 Å². The second kappa shape index (κ2) is 7.38. The van der Waals surface area contributed by atoms with Crippen molar-refractivity contribution in [1.29, 1.82) is 0 Å². The summed E-state index contributed by atoms with van der Waals surface area (Å²) in [5.74, 6) is 2.82. The van der Waals surface area contributed by atoms with Crippen molar-refractivity contribution < 1.29 is 18.7 Å². The average molecular weight is 463 g/mol. The highest BCUT2D eigenvalue weighted by Crippen LogP contribution is 2.64. The first-order valence-electron chi connectivity index (χ1n) is 13.3. The van der Waals surface area contributed by atoms with Crippen LogP contribution in [0.1, 0.15) is 86.5 Å². The van der Waals surface area contributed by atoms with Crippen LogP contribution in [0.4, 0.5) is 0 Å². The molecular weight excluding hydrogens is 416 g/mol. The third-order valence-corrected chi connectivity index (χ3v) is 15.3. The first-order valence-corrected chi connectivity index (χ1v) is 16.2. The van der Waals surface area contributed by atoms with Gasteiger partial charge in [0.1, 0.15) is 5.78 Å². The lowest BCUT2D eigenvalue weighted by Gasteiger charge is -2.58. The van der Waals surface area contributed by atoms with Crippen molar-refractivity contribution in [2.45, 2.75) is 129 Å². The van der Waals surface area contributed by atoms with Gasteiger partial charge in [-0.2, -0.15) is 0 Å². The monoisotopic (exact) mass is 462 g/mol. The highest BCUT2D eigenvalue weighted by atomic mass is 28.4. The third kappa shape index (κ3) is 3.51. The second-order valence-electron chi connectivity index (χ2n) is 14.0. The van der Waals surface area contributed by atoms with Crippen LogP contribution in [0.5, 0.6) is 0 Å². The van der Waals surface area contributed by atoms with Gasteiger partial charge in [-0.25, -0.2) is 0 Å². The highest BCUT2D eigenvalue weighted by Gasteiger charge is 2.65. The number of Topliss-reactive ketones (excluding diaryl/α,β-unsaturated/α-hetero) is 1. The van der Waals surface area contributed by atoms with Gasteiger partial charge in [0.05, 0.1) is 12.2 Å². The zero-order chi connectivity index (χ0) is 23.3. The van der Waals surface area contributed by atoms with Crippen molar-refractivity contribution >= 4 is 14.1 Å². The first-order chi connectivity index (χ1) is 14.7. The maximum Gasteiger partial charge on any atom is 0.192 e. The molecule has 4 nitrogen and oxygen atoms in total. The molecule has 0 spiro atoms. The number of ether oxygens (including phenoxy) is 2. The Morgan fingerprint density at radius 1 is 0.938 bits per heavy atom. The molecule has 0 N–H and O–H groups in total. The maximum atomic E-state index is 12.9. The lowest BCUT2D eigenvalue weighted by atomic mass is 9.49. The molecule has 1 saturated heterocycles. The summed E-state index contributed by atoms with van der Waals surface area (Å²) in [5.41, 5.74) is -0.128. The van der Waals surface area contributed by atoms with Crippen LogP contribution in [0.15, 0.2) is 0 Å². The Kier molecular flexibility index (Phi) is 5.42. The number of hydrogen-bond donors (Lipinski definition) is 0. The molecule has 1 aliphatic heterocycles. The number of carbonyl (C=O) groups is 1. The van der Waals surface area contributed by atoms with Gasteiger partial charge < -0.3 is 13.9 Å². The van der Waals surface area contributed by atoms with E-state index in [1.54, 1.807) is 0 Å². The van der Waals surface area contributed by atoms with Gasteiger partial charge in [0, 0.05) is 17.9 Å². The minimum Gasteiger partial charge on any atom is -0.414 e. The molecule has 32 heavy (non-hydrogen) atoms. The van der Waals surface area contributed by atoms with Crippen LogP contribution < -0.4 is 0 Å². The van der Waals surface area contributed by atoms with Crippen LogP contribution in [0.2, 0.25) is 18.1 Å². The molecule has 0 bridgehead atoms. The molecule has 1 heterocycles. The molecule has 182 valence electrons. The fourth-order valence-electron chi connectivity index (χ4n) is 8.21. The number of carbonyl (C=O) groups excluding carboxylic acids is 1. The highest BCUT2D eigenvalue weighted by molar-refractivity contribution is 6.74. The van der Waals surface area contributed by atoms with Crippen molar-refractivity contribution in [3.05, 3.63) is 0 Å². The molecule has 0 radical (unpaired) electrons. The number of ketones is 1. The average Bonchev–Trinajstić information content (AvgIpc) is 3.16. The summed E-state index contributed by atoms with van der Waals surface area (Å²) >= 11 is 0. The van der Waals surface area contributed by atoms with E-state index in [0.29, 0.717) is 41.5 Å². The minimum absolute atomic E-state index is 0.128. The van der Waals surface area contributed by atoms with Gasteiger partial charge in [-0.05, 0) is 100 Å². The second-order valence-corrected chi connectivity index (χ2v) is 18.7. The third-order valence-electron chi connectivity index (χ3n) is 10.8. The van der Waals surface area contributed by atoms with Crippen LogP contribution in [0.3, 0.4) is 0 Å². The van der Waals surface area contributed by atoms with Crippen LogP contribution in [-0.4, -0.2) is 38.2 Å². The predicted octanol–water partition coefficient (Wildman–Crippen LogP) is 6.34. The van der Waals surface area contributed by atoms with E-state index in [1.165, 1.54) is 19.3 Å². The quantitative estimate of drug-likeness (QED) is 0.449. The summed E-state index contributed by atoms with van der Waals surface area (Å²) in [7, 11) is -1.79. The lowest BCUT2D eigenvalue weighted by molar-refractivity contribution is -0.160. The van der Waals surface area contributed by atoms with Gasteiger partial charge >= 0.3 is 0 Å². The van der Waals surface area contributed by atoms with E-state index in [0.717, 1.165) is 25.7 Å². The Morgan fingerprint density at radius 3 is 2.31 bits per heavy atom. The summed E-state index contributed by atoms with van der Waals surface area (Å²) < 4.78 is 20.3. The van der Waals surface area contributed by atoms with Crippen molar-refractivity contribution in [3.63, 3.8) is 0 Å². The summed E-state index contributed by atoms with van der Waals surface area (Å²) in [4.78, 5) is 12.9. The van der Waals surface area contributed by atoms with Crippen LogP contribution in [0, 0.1) is 35.0 Å². The molecule has 9 atom stereocenters. The van der Waals surface area contributed by atoms with Crippen molar-refractivity contribution in [1.82, 2.24) is 0 Å². The summed E-state index contributed by atoms with van der Waals surface area (Å²) in [5, 5.41) is 0.238. The summed E-state index contributed by atoms with van der Waals surface area (Å²) in [6.45, 7) is 18.2. The van der Waals surface area contributed by atoms with Crippen LogP contribution >= 0.6 is 0 Å². The van der Waals surface area contributed by atoms with E-state index < -0.39 is 14.1 Å². The van der Waals surface area contributed by atoms with E-state index in [2.05, 4.69) is 54.6 Å². The fourth-order valence-corrected chi connectivity index (χ4v) is 9.61. The molecule has 0 aromatic carbocycles. The Balaban J connectivity index is 1.43. The summed E-state index contributed by atoms with van der Waals surface area (Å²) in [6.07, 6.45) is 8.26. The Bertz CT molecular complexity index is 770. The van der Waals surface area contributed by atoms with Crippen molar-refractivity contribution in [3.8, 4) is 0 Å². The number of rotatable bonds is 2.